The fourth-order valence-corrected chi connectivity index (χ4v) is 2.12. The highest BCUT2D eigenvalue weighted by molar-refractivity contribution is 7.98. The van der Waals surface area contributed by atoms with Crippen LogP contribution in [0.4, 0.5) is 8.78 Å². The Hall–Kier alpha value is -1.96. The van der Waals surface area contributed by atoms with E-state index in [4.69, 9.17) is 5.11 Å². The molecule has 0 saturated carbocycles. The van der Waals surface area contributed by atoms with Gasteiger partial charge in [0.05, 0.1) is 6.54 Å². The van der Waals surface area contributed by atoms with E-state index in [1.165, 1.54) is 0 Å². The molecule has 1 N–H and O–H groups in total. The number of nitrogens with zero attached hydrogens (tertiary/aromatic N) is 3. The summed E-state index contributed by atoms with van der Waals surface area (Å²) in [6, 6.07) is 7.28. The Balaban J connectivity index is 2.30. The summed E-state index contributed by atoms with van der Waals surface area (Å²) in [5.41, 5.74) is -0.640. The summed E-state index contributed by atoms with van der Waals surface area (Å²) in [6.45, 7) is 0.0502. The van der Waals surface area contributed by atoms with Crippen LogP contribution in [-0.4, -0.2) is 32.3 Å². The summed E-state index contributed by atoms with van der Waals surface area (Å²) in [5, 5.41) is 15.6. The zero-order valence-electron chi connectivity index (χ0n) is 10.5. The molecule has 0 aliphatic carbocycles. The lowest BCUT2D eigenvalue weighted by Crippen LogP contribution is -2.09. The van der Waals surface area contributed by atoms with Crippen LogP contribution >= 0.6 is 11.8 Å². The van der Waals surface area contributed by atoms with Gasteiger partial charge in [0.25, 0.3) is 6.43 Å². The van der Waals surface area contributed by atoms with E-state index in [0.717, 1.165) is 15.1 Å². The average molecular weight is 299 g/mol. The summed E-state index contributed by atoms with van der Waals surface area (Å²) < 4.78 is 26.8. The number of halogens is 2. The Morgan fingerprint density at radius 3 is 2.55 bits per heavy atom. The lowest BCUT2D eigenvalue weighted by Gasteiger charge is -2.06. The predicted molar refractivity (Wildman–Crippen MR) is 69.3 cm³/mol. The number of carboxylic acid groups (broad SMARTS) is 1. The van der Waals surface area contributed by atoms with E-state index in [1.54, 1.807) is 23.9 Å². The number of thioether (sulfide) groups is 1. The molecule has 0 unspecified atom stereocenters. The van der Waals surface area contributed by atoms with E-state index in [9.17, 15) is 13.6 Å². The minimum Gasteiger partial charge on any atom is -0.476 e. The van der Waals surface area contributed by atoms with Crippen LogP contribution in [0.5, 0.6) is 0 Å². The van der Waals surface area contributed by atoms with Crippen molar-refractivity contribution in [2.24, 2.45) is 0 Å². The summed E-state index contributed by atoms with van der Waals surface area (Å²) in [7, 11) is 0. The maximum absolute atomic E-state index is 12.9. The molecule has 0 bridgehead atoms. The number of alkyl halides is 2. The largest absolute Gasteiger partial charge is 0.476 e. The predicted octanol–water partition coefficient (Wildman–Crippen LogP) is 2.68. The first-order valence-corrected chi connectivity index (χ1v) is 6.83. The third-order valence-electron chi connectivity index (χ3n) is 2.67. The van der Waals surface area contributed by atoms with Crippen LogP contribution in [0.3, 0.4) is 0 Å². The van der Waals surface area contributed by atoms with Crippen LogP contribution < -0.4 is 0 Å². The van der Waals surface area contributed by atoms with Crippen molar-refractivity contribution < 1.29 is 18.7 Å². The average Bonchev–Trinajstić information content (AvgIpc) is 2.83. The third kappa shape index (κ3) is 2.96. The molecule has 106 valence electrons. The molecular formula is C12H11F2N3O2S. The number of carbonyl (C=O) groups is 1. The molecule has 1 heterocycles. The first kappa shape index (κ1) is 14.4. The highest BCUT2D eigenvalue weighted by atomic mass is 32.2. The molecule has 1 aromatic heterocycles. The van der Waals surface area contributed by atoms with E-state index >= 15 is 0 Å². The zero-order chi connectivity index (χ0) is 14.7. The molecule has 0 radical (unpaired) electrons. The van der Waals surface area contributed by atoms with Crippen LogP contribution in [0.15, 0.2) is 29.2 Å². The Labute approximate surface area is 117 Å². The Morgan fingerprint density at radius 2 is 2.05 bits per heavy atom. The Morgan fingerprint density at radius 1 is 1.40 bits per heavy atom. The fraction of sp³-hybridized carbons (Fsp3) is 0.250. The van der Waals surface area contributed by atoms with Crippen molar-refractivity contribution in [3.63, 3.8) is 0 Å². The van der Waals surface area contributed by atoms with Gasteiger partial charge in [0, 0.05) is 4.90 Å². The van der Waals surface area contributed by atoms with E-state index in [2.05, 4.69) is 10.3 Å². The minimum absolute atomic E-state index is 0.0502. The van der Waals surface area contributed by atoms with Crippen LogP contribution in [-0.2, 0) is 6.54 Å². The highest BCUT2D eigenvalue weighted by Crippen LogP contribution is 2.23. The molecule has 0 aliphatic heterocycles. The van der Waals surface area contributed by atoms with Gasteiger partial charge >= 0.3 is 5.97 Å². The van der Waals surface area contributed by atoms with E-state index in [0.29, 0.717) is 0 Å². The second-order valence-corrected chi connectivity index (χ2v) is 4.81. The molecule has 1 aromatic carbocycles. The number of rotatable bonds is 5. The Kier molecular flexibility index (Phi) is 4.33. The van der Waals surface area contributed by atoms with Gasteiger partial charge in [-0.1, -0.05) is 17.3 Å². The number of aromatic carboxylic acids is 1. The molecule has 0 atom stereocenters. The molecule has 8 heteroatoms. The molecule has 2 rings (SSSR count). The smallest absolute Gasteiger partial charge is 0.358 e. The number of hydrogen-bond donors (Lipinski definition) is 1. The van der Waals surface area contributed by atoms with E-state index in [-0.39, 0.29) is 6.54 Å². The SMILES string of the molecule is CSc1ccc(Cn2nnc(C(=O)O)c2C(F)F)cc1. The van der Waals surface area contributed by atoms with Gasteiger partial charge in [-0.2, -0.15) is 0 Å². The first-order valence-electron chi connectivity index (χ1n) is 5.60. The fourth-order valence-electron chi connectivity index (χ4n) is 1.71. The van der Waals surface area contributed by atoms with Crippen molar-refractivity contribution in [1.29, 1.82) is 0 Å². The second kappa shape index (κ2) is 6.00. The lowest BCUT2D eigenvalue weighted by atomic mass is 10.2. The maximum Gasteiger partial charge on any atom is 0.358 e. The molecule has 2 aromatic rings. The van der Waals surface area contributed by atoms with Crippen molar-refractivity contribution in [3.8, 4) is 0 Å². The molecule has 5 nitrogen and oxygen atoms in total. The van der Waals surface area contributed by atoms with Gasteiger partial charge in [-0.3, -0.25) is 0 Å². The maximum atomic E-state index is 12.9. The second-order valence-electron chi connectivity index (χ2n) is 3.93. The van der Waals surface area contributed by atoms with Crippen LogP contribution in [0, 0.1) is 0 Å². The Bertz CT molecular complexity index is 614. The summed E-state index contributed by atoms with van der Waals surface area (Å²) in [5.74, 6) is -1.51. The van der Waals surface area contributed by atoms with Gasteiger partial charge in [0.15, 0.2) is 5.69 Å². The minimum atomic E-state index is -2.94. The molecular weight excluding hydrogens is 288 g/mol. The van der Waals surface area contributed by atoms with Gasteiger partial charge in [-0.15, -0.1) is 16.9 Å². The summed E-state index contributed by atoms with van der Waals surface area (Å²) in [4.78, 5) is 11.9. The molecule has 0 amide bonds. The molecule has 0 saturated heterocycles. The van der Waals surface area contributed by atoms with Crippen molar-refractivity contribution in [2.45, 2.75) is 17.9 Å². The van der Waals surface area contributed by atoms with E-state index in [1.807, 2.05) is 18.4 Å². The normalized spacial score (nSPS) is 11.0. The van der Waals surface area contributed by atoms with E-state index < -0.39 is 23.8 Å². The lowest BCUT2D eigenvalue weighted by molar-refractivity contribution is 0.0675. The summed E-state index contributed by atoms with van der Waals surface area (Å²) >= 11 is 1.57. The van der Waals surface area contributed by atoms with Crippen molar-refractivity contribution in [1.82, 2.24) is 15.0 Å². The van der Waals surface area contributed by atoms with Gasteiger partial charge in [0.1, 0.15) is 5.69 Å². The van der Waals surface area contributed by atoms with Crippen LogP contribution in [0.2, 0.25) is 0 Å². The van der Waals surface area contributed by atoms with Gasteiger partial charge in [0.2, 0.25) is 0 Å². The number of carboxylic acids is 1. The van der Waals surface area contributed by atoms with Gasteiger partial charge in [-0.25, -0.2) is 18.3 Å². The number of benzene rings is 1. The quantitative estimate of drug-likeness (QED) is 0.860. The highest BCUT2D eigenvalue weighted by Gasteiger charge is 2.26. The van der Waals surface area contributed by atoms with Crippen LogP contribution in [0.25, 0.3) is 0 Å². The van der Waals surface area contributed by atoms with Gasteiger partial charge in [-0.05, 0) is 24.0 Å². The number of aromatic nitrogens is 3. The standard InChI is InChI=1S/C12H11F2N3O2S/c1-20-8-4-2-7(3-5-8)6-17-10(11(13)14)9(12(18)19)15-16-17/h2-5,11H,6H2,1H3,(H,18,19). The monoisotopic (exact) mass is 299 g/mol. The molecule has 20 heavy (non-hydrogen) atoms. The number of hydrogen-bond acceptors (Lipinski definition) is 4. The van der Waals surface area contributed by atoms with Gasteiger partial charge < -0.3 is 5.11 Å². The molecule has 0 aliphatic rings. The summed E-state index contributed by atoms with van der Waals surface area (Å²) in [6.07, 6.45) is -1.01. The first-order chi connectivity index (χ1) is 9.52. The van der Waals surface area contributed by atoms with Crippen molar-refractivity contribution >= 4 is 17.7 Å². The van der Waals surface area contributed by atoms with Crippen molar-refractivity contribution in [2.75, 3.05) is 6.26 Å². The van der Waals surface area contributed by atoms with Crippen LogP contribution in [0.1, 0.15) is 28.2 Å². The zero-order valence-corrected chi connectivity index (χ0v) is 11.3. The molecule has 0 spiro atoms. The molecule has 0 fully saturated rings. The third-order valence-corrected chi connectivity index (χ3v) is 3.42. The van der Waals surface area contributed by atoms with Crippen molar-refractivity contribution in [3.05, 3.63) is 41.2 Å². The topological polar surface area (TPSA) is 68.0 Å².